The lowest BCUT2D eigenvalue weighted by molar-refractivity contribution is -0.119. The molecule has 1 saturated heterocycles. The highest BCUT2D eigenvalue weighted by Gasteiger charge is 2.32. The second-order valence-electron chi connectivity index (χ2n) is 7.68. The molecule has 1 aliphatic rings. The van der Waals surface area contributed by atoms with Gasteiger partial charge in [-0.05, 0) is 42.9 Å². The molecule has 1 heterocycles. The summed E-state index contributed by atoms with van der Waals surface area (Å²) in [5.74, 6) is 0.250. The third-order valence-corrected chi connectivity index (χ3v) is 4.27. The molecule has 0 unspecified atom stereocenters. The summed E-state index contributed by atoms with van der Waals surface area (Å²) in [6.07, 6.45) is 3.05. The summed E-state index contributed by atoms with van der Waals surface area (Å²) in [6, 6.07) is 5.27. The van der Waals surface area contributed by atoms with Gasteiger partial charge in [0.2, 0.25) is 0 Å². The quantitative estimate of drug-likeness (QED) is 0.857. The third-order valence-electron chi connectivity index (χ3n) is 4.27. The van der Waals surface area contributed by atoms with Gasteiger partial charge in [0.25, 0.3) is 11.8 Å². The summed E-state index contributed by atoms with van der Waals surface area (Å²) in [4.78, 5) is 25.8. The number of hydrogen-bond acceptors (Lipinski definition) is 4. The van der Waals surface area contributed by atoms with E-state index in [0.717, 1.165) is 25.8 Å². The summed E-state index contributed by atoms with van der Waals surface area (Å²) in [5, 5.41) is 0. The number of nitrogens with two attached hydrogens (primary N) is 1. The molecule has 0 bridgehead atoms. The summed E-state index contributed by atoms with van der Waals surface area (Å²) in [6.45, 7) is 7.14. The van der Waals surface area contributed by atoms with E-state index in [-0.39, 0.29) is 24.0 Å². The van der Waals surface area contributed by atoms with E-state index in [2.05, 4.69) is 20.8 Å². The SMILES string of the molecule is COc1cc(C(=O)N2CCC[C@@H]2CC(C)(C)C)ccc1OCC(N)=O. The number of amides is 2. The second-order valence-corrected chi connectivity index (χ2v) is 7.68. The van der Waals surface area contributed by atoms with Gasteiger partial charge in [-0.1, -0.05) is 20.8 Å². The minimum atomic E-state index is -0.565. The molecule has 0 saturated carbocycles. The molecule has 6 heteroatoms. The highest BCUT2D eigenvalue weighted by Crippen LogP contribution is 2.33. The Kier molecular flexibility index (Phi) is 5.93. The second kappa shape index (κ2) is 7.76. The third kappa shape index (κ3) is 5.11. The molecule has 25 heavy (non-hydrogen) atoms. The van der Waals surface area contributed by atoms with Gasteiger partial charge < -0.3 is 20.1 Å². The molecule has 0 aliphatic carbocycles. The Bertz CT molecular complexity index is 637. The van der Waals surface area contributed by atoms with Crippen molar-refractivity contribution in [3.8, 4) is 11.5 Å². The van der Waals surface area contributed by atoms with Gasteiger partial charge in [-0.25, -0.2) is 0 Å². The number of benzene rings is 1. The van der Waals surface area contributed by atoms with Gasteiger partial charge in [0.1, 0.15) is 0 Å². The first-order valence-electron chi connectivity index (χ1n) is 8.61. The van der Waals surface area contributed by atoms with E-state index in [1.165, 1.54) is 7.11 Å². The maximum atomic E-state index is 12.9. The van der Waals surface area contributed by atoms with Crippen LogP contribution in [0, 0.1) is 5.41 Å². The molecule has 1 aromatic carbocycles. The van der Waals surface area contributed by atoms with Crippen molar-refractivity contribution >= 4 is 11.8 Å². The average molecular weight is 348 g/mol. The number of carbonyl (C=O) groups is 2. The normalized spacial score (nSPS) is 17.4. The van der Waals surface area contributed by atoms with Crippen LogP contribution in [0.4, 0.5) is 0 Å². The van der Waals surface area contributed by atoms with Gasteiger partial charge >= 0.3 is 0 Å². The maximum absolute atomic E-state index is 12.9. The zero-order valence-electron chi connectivity index (χ0n) is 15.5. The van der Waals surface area contributed by atoms with Crippen molar-refractivity contribution in [2.75, 3.05) is 20.3 Å². The van der Waals surface area contributed by atoms with E-state index in [1.54, 1.807) is 18.2 Å². The van der Waals surface area contributed by atoms with Crippen molar-refractivity contribution in [1.82, 2.24) is 4.90 Å². The molecule has 0 spiro atoms. The predicted octanol–water partition coefficient (Wildman–Crippen LogP) is 2.60. The van der Waals surface area contributed by atoms with Crippen LogP contribution in [-0.4, -0.2) is 43.0 Å². The standard InChI is InChI=1S/C19H28N2O4/c1-19(2,3)11-14-6-5-9-21(14)18(23)13-7-8-15(16(10-13)24-4)25-12-17(20)22/h7-8,10,14H,5-6,9,11-12H2,1-4H3,(H2,20,22)/t14-/m1/s1. The molecule has 1 atom stereocenters. The first-order valence-corrected chi connectivity index (χ1v) is 8.61. The monoisotopic (exact) mass is 348 g/mol. The Morgan fingerprint density at radius 2 is 2.00 bits per heavy atom. The van der Waals surface area contributed by atoms with Crippen LogP contribution in [0.25, 0.3) is 0 Å². The number of carbonyl (C=O) groups excluding carboxylic acids is 2. The Hall–Kier alpha value is -2.24. The number of methoxy groups -OCH3 is 1. The van der Waals surface area contributed by atoms with Crippen molar-refractivity contribution in [3.05, 3.63) is 23.8 Å². The Morgan fingerprint density at radius 3 is 2.60 bits per heavy atom. The molecule has 0 radical (unpaired) electrons. The zero-order chi connectivity index (χ0) is 18.6. The Labute approximate surface area is 149 Å². The molecular formula is C19H28N2O4. The van der Waals surface area contributed by atoms with E-state index in [9.17, 15) is 9.59 Å². The average Bonchev–Trinajstić information content (AvgIpc) is 2.97. The van der Waals surface area contributed by atoms with Gasteiger partial charge in [-0.15, -0.1) is 0 Å². The lowest BCUT2D eigenvalue weighted by atomic mass is 9.87. The van der Waals surface area contributed by atoms with E-state index in [0.29, 0.717) is 17.1 Å². The van der Waals surface area contributed by atoms with Crippen molar-refractivity contribution in [2.24, 2.45) is 11.1 Å². The van der Waals surface area contributed by atoms with E-state index in [1.807, 2.05) is 4.90 Å². The highest BCUT2D eigenvalue weighted by molar-refractivity contribution is 5.95. The van der Waals surface area contributed by atoms with Gasteiger partial charge in [0.15, 0.2) is 18.1 Å². The number of hydrogen-bond donors (Lipinski definition) is 1. The van der Waals surface area contributed by atoms with Crippen LogP contribution in [-0.2, 0) is 4.79 Å². The van der Waals surface area contributed by atoms with E-state index >= 15 is 0 Å². The fourth-order valence-corrected chi connectivity index (χ4v) is 3.26. The van der Waals surface area contributed by atoms with Gasteiger partial charge in [0.05, 0.1) is 7.11 Å². The zero-order valence-corrected chi connectivity index (χ0v) is 15.5. The highest BCUT2D eigenvalue weighted by atomic mass is 16.5. The number of nitrogens with zero attached hydrogens (tertiary/aromatic N) is 1. The van der Waals surface area contributed by atoms with Crippen molar-refractivity contribution in [3.63, 3.8) is 0 Å². The molecule has 1 aliphatic heterocycles. The molecule has 1 fully saturated rings. The van der Waals surface area contributed by atoms with Crippen LogP contribution in [0.2, 0.25) is 0 Å². The Morgan fingerprint density at radius 1 is 1.28 bits per heavy atom. The minimum Gasteiger partial charge on any atom is -0.493 e. The van der Waals surface area contributed by atoms with Crippen LogP contribution in [0.1, 0.15) is 50.4 Å². The number of rotatable bonds is 6. The van der Waals surface area contributed by atoms with E-state index in [4.69, 9.17) is 15.2 Å². The number of ether oxygens (including phenoxy) is 2. The fraction of sp³-hybridized carbons (Fsp3) is 0.579. The van der Waals surface area contributed by atoms with Crippen molar-refractivity contribution in [2.45, 2.75) is 46.1 Å². The van der Waals surface area contributed by atoms with Crippen LogP contribution in [0.3, 0.4) is 0 Å². The van der Waals surface area contributed by atoms with Crippen LogP contribution in [0.15, 0.2) is 18.2 Å². The van der Waals surface area contributed by atoms with Gasteiger partial charge in [-0.2, -0.15) is 0 Å². The summed E-state index contributed by atoms with van der Waals surface area (Å²) in [7, 11) is 1.50. The number of primary amides is 1. The summed E-state index contributed by atoms with van der Waals surface area (Å²) >= 11 is 0. The molecule has 0 aromatic heterocycles. The lowest BCUT2D eigenvalue weighted by Gasteiger charge is -2.30. The van der Waals surface area contributed by atoms with Crippen LogP contribution < -0.4 is 15.2 Å². The molecule has 2 rings (SSSR count). The van der Waals surface area contributed by atoms with E-state index < -0.39 is 5.91 Å². The lowest BCUT2D eigenvalue weighted by Crippen LogP contribution is -2.37. The molecular weight excluding hydrogens is 320 g/mol. The summed E-state index contributed by atoms with van der Waals surface area (Å²) < 4.78 is 10.6. The molecule has 6 nitrogen and oxygen atoms in total. The minimum absolute atomic E-state index is 0.00602. The van der Waals surface area contributed by atoms with Gasteiger partial charge in [0, 0.05) is 18.2 Å². The summed E-state index contributed by atoms with van der Waals surface area (Å²) in [5.41, 5.74) is 5.83. The predicted molar refractivity (Wildman–Crippen MR) is 95.8 cm³/mol. The Balaban J connectivity index is 2.17. The maximum Gasteiger partial charge on any atom is 0.255 e. The topological polar surface area (TPSA) is 81.9 Å². The molecule has 2 N–H and O–H groups in total. The van der Waals surface area contributed by atoms with Crippen LogP contribution >= 0.6 is 0 Å². The van der Waals surface area contributed by atoms with Gasteiger partial charge in [-0.3, -0.25) is 9.59 Å². The smallest absolute Gasteiger partial charge is 0.255 e. The van der Waals surface area contributed by atoms with Crippen molar-refractivity contribution in [1.29, 1.82) is 0 Å². The first-order chi connectivity index (χ1) is 11.7. The van der Waals surface area contributed by atoms with Crippen LogP contribution in [0.5, 0.6) is 11.5 Å². The molecule has 2 amide bonds. The number of likely N-dealkylation sites (tertiary alicyclic amines) is 1. The first kappa shape index (κ1) is 19.1. The largest absolute Gasteiger partial charge is 0.493 e. The van der Waals surface area contributed by atoms with Crippen molar-refractivity contribution < 1.29 is 19.1 Å². The molecule has 138 valence electrons. The molecule has 1 aromatic rings. The fourth-order valence-electron chi connectivity index (χ4n) is 3.26.